The van der Waals surface area contributed by atoms with Crippen LogP contribution in [0, 0.1) is 19.8 Å². The van der Waals surface area contributed by atoms with Gasteiger partial charge in [0.1, 0.15) is 0 Å². The second-order valence-corrected chi connectivity index (χ2v) is 25.6. The van der Waals surface area contributed by atoms with Crippen molar-refractivity contribution in [2.75, 3.05) is 32.8 Å². The number of nitrogens with one attached hydrogen (secondary N) is 1. The number of halogens is 1. The topological polar surface area (TPSA) is 52.1 Å². The molecular weight excluding hydrogens is 1260 g/mol. The van der Waals surface area contributed by atoms with Gasteiger partial charge in [0.05, 0.1) is 0 Å². The minimum absolute atomic E-state index is 0. The number of ether oxygens (including phenoxy) is 1. The predicted molar refractivity (Wildman–Crippen MR) is 388 cm³/mol. The van der Waals surface area contributed by atoms with Gasteiger partial charge in [-0.15, -0.1) is 23.8 Å². The van der Waals surface area contributed by atoms with E-state index in [1.165, 1.54) is 113 Å². The Labute approximate surface area is 599 Å². The number of H-pyrrole nitrogens is 1. The van der Waals surface area contributed by atoms with E-state index < -0.39 is 0 Å². The standard InChI is InChI=1S/C27H37N2.C26H34N2.C12H9N.C12H8N.C4H8O.ClH.2Cu.Na.H/c1-18(2)22-11-9-12-23(19(3)4)26(22)28-15-16-29(17-28)27-24(20(5)6)13-10-14-25(27)21(7)8;1-8-21-11-9-12-22(18(2)3)25(21)27-15-16-28(17-27)26-23(19(4)5)13-10-14-24(26)20(6)7;2*1-3-7-11-9(5-1)10-6-2-4-8-12(10)13-11;1-2-4-5-3-1;;;;;/h9-21H,1-8H3;8-20H,1-7H3;1-8,13H;1-8H;1-4H2;1H;;;;/q-1;-2;;-1;;;+1;+2;+1;-1/p-1. The molecule has 0 spiro atoms. The van der Waals surface area contributed by atoms with E-state index in [2.05, 4.69) is 361 Å². The van der Waals surface area contributed by atoms with Gasteiger partial charge in [-0.25, -0.2) is 0 Å². The Morgan fingerprint density at radius 3 is 0.967 bits per heavy atom. The largest absolute Gasteiger partial charge is 2.00 e. The maximum atomic E-state index is 4.94. The van der Waals surface area contributed by atoms with Crippen molar-refractivity contribution in [1.29, 1.82) is 0 Å². The van der Waals surface area contributed by atoms with Gasteiger partial charge < -0.3 is 35.7 Å². The monoisotopic (exact) mass is 1350 g/mol. The van der Waals surface area contributed by atoms with Crippen molar-refractivity contribution in [3.8, 4) is 0 Å². The molecule has 13 rings (SSSR count). The molecule has 1 N–H and O–H groups in total. The molecule has 0 bridgehead atoms. The molecule has 3 aliphatic rings. The summed E-state index contributed by atoms with van der Waals surface area (Å²) in [4.78, 5) is 17.1. The molecule has 1 saturated heterocycles. The Hall–Kier alpha value is -5.80. The van der Waals surface area contributed by atoms with E-state index in [1.807, 2.05) is 12.1 Å². The summed E-state index contributed by atoms with van der Waals surface area (Å²) in [6.45, 7) is 40.5. The molecule has 0 saturated carbocycles. The first kappa shape index (κ1) is 75.2. The van der Waals surface area contributed by atoms with Crippen molar-refractivity contribution < 1.29 is 67.9 Å². The van der Waals surface area contributed by atoms with E-state index in [9.17, 15) is 0 Å². The molecule has 1 fully saturated rings. The van der Waals surface area contributed by atoms with Gasteiger partial charge in [0.15, 0.2) is 0 Å². The molecule has 8 aromatic carbocycles. The van der Waals surface area contributed by atoms with E-state index in [1.54, 1.807) is 0 Å². The van der Waals surface area contributed by atoms with Gasteiger partial charge in [0, 0.05) is 52.1 Å². The zero-order valence-corrected chi connectivity index (χ0v) is 61.8. The molecule has 7 nitrogen and oxygen atoms in total. The van der Waals surface area contributed by atoms with E-state index in [0.717, 1.165) is 24.2 Å². The molecule has 3 aliphatic heterocycles. The molecule has 11 heteroatoms. The SMILES string of the molecule is C1CCOC1.CC(C)c1cccc(C(C)C)c1N1C=CN(c2c(C(C)C)cccc2C(C)C)[CH-]1.C[CH-]c1cccc(C(C)C)c1N1C=CN(c2c(C(C)C)cccc2C(C)C)[CH-]1.[Cl][Cu].[Cu+2].[H-].[Na+].c1ccc2c(c1)[n-]c1ccccc12.c1ccc2c(c1)[nH]c1ccccc12. The Bertz CT molecular complexity index is 3610. The second kappa shape index (κ2) is 36.2. The molecule has 0 atom stereocenters. The fraction of sp³-hybridized carbons (Fsp3) is 0.321. The maximum absolute atomic E-state index is 4.94. The molecular formula is C81H97ClCu2N6NaO-2. The first-order valence-electron chi connectivity index (χ1n) is 32.5. The molecule has 10 aromatic rings. The van der Waals surface area contributed by atoms with Crippen molar-refractivity contribution >= 4 is 76.5 Å². The second-order valence-electron chi connectivity index (χ2n) is 25.6. The summed E-state index contributed by atoms with van der Waals surface area (Å²) in [6, 6.07) is 60.1. The summed E-state index contributed by atoms with van der Waals surface area (Å²) in [5.74, 6) is 3.35. The summed E-state index contributed by atoms with van der Waals surface area (Å²) >= 11 is 3.66. The molecule has 0 aliphatic carbocycles. The number of anilines is 4. The average molecular weight is 1360 g/mol. The third-order valence-corrected chi connectivity index (χ3v) is 16.9. The van der Waals surface area contributed by atoms with Crippen LogP contribution in [-0.2, 0) is 36.9 Å². The normalized spacial score (nSPS) is 13.3. The summed E-state index contributed by atoms with van der Waals surface area (Å²) in [6.07, 6.45) is 13.6. The molecule has 489 valence electrons. The van der Waals surface area contributed by atoms with Crippen LogP contribution in [-0.4, -0.2) is 18.2 Å². The number of rotatable bonds is 12. The van der Waals surface area contributed by atoms with Crippen molar-refractivity contribution in [3.63, 3.8) is 0 Å². The van der Waals surface area contributed by atoms with Gasteiger partial charge in [0.25, 0.3) is 0 Å². The zero-order chi connectivity index (χ0) is 64.6. The Balaban J connectivity index is 0.000000225. The van der Waals surface area contributed by atoms with Crippen LogP contribution in [0.3, 0.4) is 0 Å². The molecule has 2 aromatic heterocycles. The minimum Gasteiger partial charge on any atom is -1.00 e. The van der Waals surface area contributed by atoms with E-state index in [0.29, 0.717) is 41.4 Å². The van der Waals surface area contributed by atoms with Crippen molar-refractivity contribution in [3.05, 3.63) is 259 Å². The van der Waals surface area contributed by atoms with Gasteiger partial charge in [-0.3, -0.25) is 0 Å². The van der Waals surface area contributed by atoms with Crippen LogP contribution in [0.1, 0.15) is 204 Å². The van der Waals surface area contributed by atoms with Crippen LogP contribution >= 0.6 is 10.1 Å². The van der Waals surface area contributed by atoms with Crippen molar-refractivity contribution in [2.24, 2.45) is 0 Å². The van der Waals surface area contributed by atoms with Gasteiger partial charge >= 0.3 is 71.8 Å². The number of para-hydroxylation sites is 8. The molecule has 5 heterocycles. The van der Waals surface area contributed by atoms with Gasteiger partial charge in [0.2, 0.25) is 0 Å². The van der Waals surface area contributed by atoms with Crippen molar-refractivity contribution in [2.45, 2.75) is 158 Å². The molecule has 92 heavy (non-hydrogen) atoms. The van der Waals surface area contributed by atoms with Gasteiger partial charge in [-0.05, 0) is 135 Å². The van der Waals surface area contributed by atoms with Crippen LogP contribution in [0.15, 0.2) is 195 Å². The third-order valence-electron chi connectivity index (χ3n) is 16.9. The maximum Gasteiger partial charge on any atom is 2.00 e. The number of aromatic nitrogens is 2. The quantitative estimate of drug-likeness (QED) is 0.0972. The summed E-state index contributed by atoms with van der Waals surface area (Å²) < 4.78 is 4.94. The first-order chi connectivity index (χ1) is 43.5. The zero-order valence-electron chi connectivity index (χ0n) is 58.2. The summed E-state index contributed by atoms with van der Waals surface area (Å²) in [7, 11) is 4.20. The molecule has 1 radical (unpaired) electrons. The Kier molecular flexibility index (Phi) is 29.6. The van der Waals surface area contributed by atoms with Crippen LogP contribution in [0.4, 0.5) is 22.7 Å². The average Bonchev–Trinajstić information content (AvgIpc) is 1.75. The number of nitrogens with zero attached hydrogens (tertiary/aromatic N) is 5. The fourth-order valence-electron chi connectivity index (χ4n) is 12.3. The number of fused-ring (bicyclic) bond motifs is 6. The van der Waals surface area contributed by atoms with Crippen LogP contribution in [0.5, 0.6) is 0 Å². The van der Waals surface area contributed by atoms with Crippen LogP contribution in [0.25, 0.3) is 43.6 Å². The van der Waals surface area contributed by atoms with Crippen LogP contribution < -0.4 is 54.1 Å². The first-order valence-corrected chi connectivity index (χ1v) is 33.8. The number of benzene rings is 8. The summed E-state index contributed by atoms with van der Waals surface area (Å²) in [5.41, 5.74) is 20.9. The summed E-state index contributed by atoms with van der Waals surface area (Å²) in [5, 5.41) is 5.10. The van der Waals surface area contributed by atoms with E-state index in [4.69, 9.17) is 4.74 Å². The predicted octanol–water partition coefficient (Wildman–Crippen LogP) is 20.5. The van der Waals surface area contributed by atoms with Gasteiger partial charge in [-0.2, -0.15) is 24.7 Å². The van der Waals surface area contributed by atoms with E-state index >= 15 is 0 Å². The number of aromatic amines is 1. The fourth-order valence-corrected chi connectivity index (χ4v) is 12.3. The van der Waals surface area contributed by atoms with Gasteiger partial charge in [-0.1, -0.05) is 261 Å². The number of hydrogen-bond donors (Lipinski definition) is 1. The van der Waals surface area contributed by atoms with Crippen molar-refractivity contribution in [1.82, 2.24) is 9.97 Å². The Morgan fingerprint density at radius 1 is 0.402 bits per heavy atom. The Morgan fingerprint density at radius 2 is 0.674 bits per heavy atom. The van der Waals surface area contributed by atoms with Crippen LogP contribution in [0.2, 0.25) is 0 Å². The number of hydrogen-bond acceptors (Lipinski definition) is 5. The molecule has 0 unspecified atom stereocenters. The minimum atomic E-state index is 0. The van der Waals surface area contributed by atoms with E-state index in [-0.39, 0.29) is 48.1 Å². The molecule has 0 amide bonds. The smallest absolute Gasteiger partial charge is 1.00 e. The third kappa shape index (κ3) is 18.1.